The van der Waals surface area contributed by atoms with E-state index in [4.69, 9.17) is 5.73 Å². The fourth-order valence-electron chi connectivity index (χ4n) is 0.487. The first-order chi connectivity index (χ1) is 4.33. The van der Waals surface area contributed by atoms with E-state index in [1.54, 1.807) is 0 Å². The number of carbonyl (C=O) groups is 1. The quantitative estimate of drug-likeness (QED) is 0.590. The van der Waals surface area contributed by atoms with E-state index in [1.807, 2.05) is 0 Å². The van der Waals surface area contributed by atoms with Gasteiger partial charge in [0.2, 0.25) is 11.8 Å². The zero-order valence-corrected chi connectivity index (χ0v) is 5.60. The number of primary amides is 1. The van der Waals surface area contributed by atoms with Gasteiger partial charge in [-0.05, 0) is 6.92 Å². The Hall–Kier alpha value is -0.710. The van der Waals surface area contributed by atoms with Crippen LogP contribution in [0.2, 0.25) is 0 Å². The molecule has 3 nitrogen and oxygen atoms in total. The summed E-state index contributed by atoms with van der Waals surface area (Å²) in [7, 11) is 0. The van der Waals surface area contributed by atoms with Gasteiger partial charge >= 0.3 is 0 Å². The molecule has 1 amide bonds. The zero-order valence-electron chi connectivity index (χ0n) is 5.60. The van der Waals surface area contributed by atoms with Gasteiger partial charge < -0.3 is 11.5 Å². The molecule has 10 heavy (non-hydrogen) atoms. The highest BCUT2D eigenvalue weighted by atomic mass is 19.3. The van der Waals surface area contributed by atoms with Crippen LogP contribution in [0.15, 0.2) is 0 Å². The summed E-state index contributed by atoms with van der Waals surface area (Å²) in [6.07, 6.45) is -0.692. The molecular weight excluding hydrogens is 142 g/mol. The molecule has 0 aliphatic heterocycles. The van der Waals surface area contributed by atoms with Crippen LogP contribution >= 0.6 is 0 Å². The number of amides is 1. The van der Waals surface area contributed by atoms with Crippen molar-refractivity contribution in [2.75, 3.05) is 0 Å². The van der Waals surface area contributed by atoms with Gasteiger partial charge in [-0.15, -0.1) is 0 Å². The number of halogens is 2. The third kappa shape index (κ3) is 4.20. The Kier molecular flexibility index (Phi) is 2.71. The first-order valence-electron chi connectivity index (χ1n) is 2.75. The number of carbonyl (C=O) groups excluding carboxylic acids is 1. The second kappa shape index (κ2) is 2.92. The van der Waals surface area contributed by atoms with E-state index in [0.29, 0.717) is 6.92 Å². The molecule has 0 aromatic heterocycles. The van der Waals surface area contributed by atoms with Crippen LogP contribution in [0.5, 0.6) is 0 Å². The van der Waals surface area contributed by atoms with Crippen LogP contribution < -0.4 is 11.5 Å². The number of alkyl halides is 2. The van der Waals surface area contributed by atoms with Crippen LogP contribution in [0, 0.1) is 0 Å². The zero-order chi connectivity index (χ0) is 8.36. The van der Waals surface area contributed by atoms with Crippen molar-refractivity contribution in [3.63, 3.8) is 0 Å². The lowest BCUT2D eigenvalue weighted by molar-refractivity contribution is -0.121. The van der Waals surface area contributed by atoms with Crippen molar-refractivity contribution < 1.29 is 13.6 Å². The summed E-state index contributed by atoms with van der Waals surface area (Å²) >= 11 is 0. The Morgan fingerprint density at radius 2 is 2.10 bits per heavy atom. The van der Waals surface area contributed by atoms with Crippen LogP contribution in [0.3, 0.4) is 0 Å². The average molecular weight is 152 g/mol. The molecule has 0 saturated heterocycles. The second-order valence-corrected chi connectivity index (χ2v) is 2.28. The molecule has 0 bridgehead atoms. The van der Waals surface area contributed by atoms with Gasteiger partial charge in [0.15, 0.2) is 0 Å². The molecule has 4 N–H and O–H groups in total. The molecule has 0 aliphatic carbocycles. The van der Waals surface area contributed by atoms with E-state index in [2.05, 4.69) is 5.73 Å². The summed E-state index contributed by atoms with van der Waals surface area (Å²) in [5.74, 6) is -3.82. The molecule has 0 rings (SSSR count). The van der Waals surface area contributed by atoms with Gasteiger partial charge in [-0.1, -0.05) is 0 Å². The lowest BCUT2D eigenvalue weighted by Crippen LogP contribution is -2.40. The van der Waals surface area contributed by atoms with E-state index in [-0.39, 0.29) is 0 Å². The minimum atomic E-state index is -2.92. The van der Waals surface area contributed by atoms with Crippen LogP contribution in [0.25, 0.3) is 0 Å². The highest BCUT2D eigenvalue weighted by Crippen LogP contribution is 2.17. The highest BCUT2D eigenvalue weighted by molar-refractivity contribution is 5.79. The Balaban J connectivity index is 3.80. The summed E-state index contributed by atoms with van der Waals surface area (Å²) in [6.45, 7) is 0.690. The summed E-state index contributed by atoms with van der Waals surface area (Å²) in [5, 5.41) is 0. The first kappa shape index (κ1) is 9.29. The van der Waals surface area contributed by atoms with Crippen molar-refractivity contribution in [2.24, 2.45) is 11.5 Å². The monoisotopic (exact) mass is 152 g/mol. The molecular formula is C5H10F2N2O. The highest BCUT2D eigenvalue weighted by Gasteiger charge is 2.27. The number of rotatable bonds is 3. The van der Waals surface area contributed by atoms with Gasteiger partial charge in [-0.3, -0.25) is 4.79 Å². The van der Waals surface area contributed by atoms with Gasteiger partial charge in [-0.2, -0.15) is 0 Å². The van der Waals surface area contributed by atoms with Crippen LogP contribution in [-0.4, -0.2) is 17.9 Å². The fourth-order valence-corrected chi connectivity index (χ4v) is 0.487. The van der Waals surface area contributed by atoms with Crippen molar-refractivity contribution in [2.45, 2.75) is 25.3 Å². The SMILES string of the molecule is CC(F)(F)C[C@H](N)C(N)=O. The smallest absolute Gasteiger partial charge is 0.247 e. The second-order valence-electron chi connectivity index (χ2n) is 2.28. The van der Waals surface area contributed by atoms with E-state index in [1.165, 1.54) is 0 Å². The predicted octanol–water partition coefficient (Wildman–Crippen LogP) is -0.156. The van der Waals surface area contributed by atoms with Crippen molar-refractivity contribution in [3.05, 3.63) is 0 Å². The maximum atomic E-state index is 12.0. The Bertz CT molecular complexity index is 132. The van der Waals surface area contributed by atoms with Gasteiger partial charge in [0, 0.05) is 6.42 Å². The minimum absolute atomic E-state index is 0.690. The molecule has 0 aromatic carbocycles. The lowest BCUT2D eigenvalue weighted by Gasteiger charge is -2.12. The standard InChI is InChI=1S/C5H10F2N2O/c1-5(6,7)2-3(8)4(9)10/h3H,2,8H2,1H3,(H2,9,10)/t3-/m0/s1. The van der Waals surface area contributed by atoms with Crippen molar-refractivity contribution in [1.82, 2.24) is 0 Å². The average Bonchev–Trinajstić information content (AvgIpc) is 1.60. The molecule has 60 valence electrons. The summed E-state index contributed by atoms with van der Waals surface area (Å²) in [4.78, 5) is 10.1. The first-order valence-corrected chi connectivity index (χ1v) is 2.75. The van der Waals surface area contributed by atoms with Crippen molar-refractivity contribution in [1.29, 1.82) is 0 Å². The predicted molar refractivity (Wildman–Crippen MR) is 32.4 cm³/mol. The van der Waals surface area contributed by atoms with E-state index < -0.39 is 24.3 Å². The topological polar surface area (TPSA) is 69.1 Å². The van der Waals surface area contributed by atoms with Gasteiger partial charge in [0.1, 0.15) is 0 Å². The Morgan fingerprint density at radius 1 is 1.70 bits per heavy atom. The summed E-state index contributed by atoms with van der Waals surface area (Å²) in [6, 6.07) is -1.25. The number of hydrogen-bond donors (Lipinski definition) is 2. The minimum Gasteiger partial charge on any atom is -0.368 e. The molecule has 0 unspecified atom stereocenters. The molecule has 5 heteroatoms. The molecule has 1 atom stereocenters. The molecule has 0 saturated carbocycles. The maximum Gasteiger partial charge on any atom is 0.247 e. The van der Waals surface area contributed by atoms with Crippen LogP contribution in [0.4, 0.5) is 8.78 Å². The third-order valence-corrected chi connectivity index (χ3v) is 0.944. The third-order valence-electron chi connectivity index (χ3n) is 0.944. The lowest BCUT2D eigenvalue weighted by atomic mass is 10.1. The summed E-state index contributed by atoms with van der Waals surface area (Å²) < 4.78 is 24.1. The number of nitrogens with two attached hydrogens (primary N) is 2. The summed E-state index contributed by atoms with van der Waals surface area (Å²) in [5.41, 5.74) is 9.59. The molecule has 0 radical (unpaired) electrons. The van der Waals surface area contributed by atoms with E-state index >= 15 is 0 Å². The fraction of sp³-hybridized carbons (Fsp3) is 0.800. The van der Waals surface area contributed by atoms with Gasteiger partial charge in [-0.25, -0.2) is 8.78 Å². The Morgan fingerprint density at radius 3 is 2.20 bits per heavy atom. The maximum absolute atomic E-state index is 12.0. The molecule has 0 aromatic rings. The van der Waals surface area contributed by atoms with Crippen LogP contribution in [0.1, 0.15) is 13.3 Å². The molecule has 0 fully saturated rings. The molecule has 0 spiro atoms. The van der Waals surface area contributed by atoms with Crippen molar-refractivity contribution >= 4 is 5.91 Å². The normalized spacial score (nSPS) is 14.8. The van der Waals surface area contributed by atoms with Gasteiger partial charge in [0.05, 0.1) is 6.04 Å². The molecule has 0 aliphatic rings. The van der Waals surface area contributed by atoms with Crippen molar-refractivity contribution in [3.8, 4) is 0 Å². The van der Waals surface area contributed by atoms with E-state index in [9.17, 15) is 13.6 Å². The molecule has 0 heterocycles. The van der Waals surface area contributed by atoms with E-state index in [0.717, 1.165) is 0 Å². The van der Waals surface area contributed by atoms with Crippen LogP contribution in [-0.2, 0) is 4.79 Å². The Labute approximate surface area is 57.4 Å². The largest absolute Gasteiger partial charge is 0.368 e. The number of hydrogen-bond acceptors (Lipinski definition) is 2. The van der Waals surface area contributed by atoms with Gasteiger partial charge in [0.25, 0.3) is 0 Å².